The number of benzene rings is 1. The van der Waals surface area contributed by atoms with E-state index in [4.69, 9.17) is 4.84 Å². The molecule has 1 aromatic rings. The van der Waals surface area contributed by atoms with E-state index in [1.54, 1.807) is 31.2 Å². The third-order valence-electron chi connectivity index (χ3n) is 2.73. The van der Waals surface area contributed by atoms with Crippen LogP contribution in [0.5, 0.6) is 0 Å². The highest BCUT2D eigenvalue weighted by Gasteiger charge is 2.22. The first kappa shape index (κ1) is 13.0. The summed E-state index contributed by atoms with van der Waals surface area (Å²) in [6, 6.07) is 5.00. The van der Waals surface area contributed by atoms with Gasteiger partial charge in [0.1, 0.15) is 6.61 Å². The van der Waals surface area contributed by atoms with Gasteiger partial charge in [-0.25, -0.2) is 0 Å². The Labute approximate surface area is 111 Å². The third-order valence-corrected chi connectivity index (χ3v) is 2.73. The fraction of sp³-hybridized carbons (Fsp3) is 0.133. The second-order valence-electron chi connectivity index (χ2n) is 4.14. The van der Waals surface area contributed by atoms with Crippen molar-refractivity contribution in [2.24, 2.45) is 5.16 Å². The van der Waals surface area contributed by atoms with E-state index in [1.807, 2.05) is 0 Å². The van der Waals surface area contributed by atoms with Crippen molar-refractivity contribution < 1.29 is 14.4 Å². The van der Waals surface area contributed by atoms with E-state index in [-0.39, 0.29) is 11.6 Å². The number of nitrogens with zero attached hydrogens (tertiary/aromatic N) is 1. The maximum Gasteiger partial charge on any atom is 0.189 e. The van der Waals surface area contributed by atoms with Gasteiger partial charge in [-0.15, -0.1) is 0 Å². The van der Waals surface area contributed by atoms with Crippen molar-refractivity contribution in [1.82, 2.24) is 0 Å². The van der Waals surface area contributed by atoms with Gasteiger partial charge in [-0.05, 0) is 30.7 Å². The van der Waals surface area contributed by atoms with Crippen LogP contribution < -0.4 is 0 Å². The van der Waals surface area contributed by atoms with E-state index in [9.17, 15) is 9.59 Å². The Bertz CT molecular complexity index is 612. The van der Waals surface area contributed by atoms with Crippen molar-refractivity contribution in [2.75, 3.05) is 6.61 Å². The van der Waals surface area contributed by atoms with Crippen LogP contribution in [0.1, 0.15) is 33.2 Å². The molecule has 4 heteroatoms. The Hall–Kier alpha value is -2.49. The maximum absolute atomic E-state index is 11.9. The molecule has 0 radical (unpaired) electrons. The minimum atomic E-state index is -0.158. The fourth-order valence-corrected chi connectivity index (χ4v) is 1.79. The molecule has 0 aliphatic heterocycles. The zero-order chi connectivity index (χ0) is 13.8. The number of hydrogen-bond acceptors (Lipinski definition) is 4. The van der Waals surface area contributed by atoms with Crippen LogP contribution in [0, 0.1) is 0 Å². The number of Topliss-reactive ketones (excluding diaryl/α,β-unsaturated/α-hetero) is 1. The van der Waals surface area contributed by atoms with Gasteiger partial charge in [0.2, 0.25) is 0 Å². The summed E-state index contributed by atoms with van der Waals surface area (Å²) in [5, 5.41) is 3.73. The van der Waals surface area contributed by atoms with Crippen molar-refractivity contribution in [1.29, 1.82) is 0 Å². The first-order valence-electron chi connectivity index (χ1n) is 5.81. The molecule has 0 heterocycles. The number of carbonyl (C=O) groups excluding carboxylic acids is 2. The molecule has 0 spiro atoms. The Kier molecular flexibility index (Phi) is 3.71. The Morgan fingerprint density at radius 1 is 1.32 bits per heavy atom. The van der Waals surface area contributed by atoms with Crippen molar-refractivity contribution in [2.45, 2.75) is 6.92 Å². The molecular weight excluding hydrogens is 242 g/mol. The summed E-state index contributed by atoms with van der Waals surface area (Å²) in [6.45, 7) is 5.46. The largest absolute Gasteiger partial charge is 0.392 e. The van der Waals surface area contributed by atoms with Crippen molar-refractivity contribution >= 4 is 17.8 Å². The molecule has 1 aromatic carbocycles. The fourth-order valence-electron chi connectivity index (χ4n) is 1.79. The molecule has 0 saturated carbocycles. The lowest BCUT2D eigenvalue weighted by Crippen LogP contribution is -2.15. The molecule has 0 amide bonds. The van der Waals surface area contributed by atoms with Crippen LogP contribution in [-0.2, 0) is 4.84 Å². The molecular formula is C15H13NO3. The number of oxime groups is 1. The summed E-state index contributed by atoms with van der Waals surface area (Å²) in [7, 11) is 0. The van der Waals surface area contributed by atoms with Crippen LogP contribution in [0.15, 0.2) is 47.7 Å². The molecule has 0 bridgehead atoms. The van der Waals surface area contributed by atoms with Crippen LogP contribution in [0.3, 0.4) is 0 Å². The van der Waals surface area contributed by atoms with Gasteiger partial charge >= 0.3 is 0 Å². The van der Waals surface area contributed by atoms with Crippen LogP contribution >= 0.6 is 0 Å². The van der Waals surface area contributed by atoms with Gasteiger partial charge in [0.25, 0.3) is 0 Å². The summed E-state index contributed by atoms with van der Waals surface area (Å²) in [4.78, 5) is 28.6. The summed E-state index contributed by atoms with van der Waals surface area (Å²) >= 11 is 0. The summed E-state index contributed by atoms with van der Waals surface area (Å²) in [5.74, 6) is -0.268. The molecule has 0 fully saturated rings. The molecule has 2 rings (SSSR count). The van der Waals surface area contributed by atoms with Crippen LogP contribution in [0.4, 0.5) is 0 Å². The predicted molar refractivity (Wildman–Crippen MR) is 72.6 cm³/mol. The van der Waals surface area contributed by atoms with Crippen molar-refractivity contribution in [3.8, 4) is 0 Å². The Morgan fingerprint density at radius 2 is 2.11 bits per heavy atom. The van der Waals surface area contributed by atoms with Gasteiger partial charge < -0.3 is 4.84 Å². The molecule has 0 aromatic heterocycles. The normalized spacial score (nSPS) is 14.3. The molecule has 4 nitrogen and oxygen atoms in total. The van der Waals surface area contributed by atoms with Crippen LogP contribution in [-0.4, -0.2) is 24.4 Å². The molecule has 96 valence electrons. The molecule has 1 aliphatic carbocycles. The van der Waals surface area contributed by atoms with E-state index in [2.05, 4.69) is 11.7 Å². The molecule has 0 saturated heterocycles. The van der Waals surface area contributed by atoms with E-state index >= 15 is 0 Å². The minimum Gasteiger partial charge on any atom is -0.392 e. The number of hydrogen-bond donors (Lipinski definition) is 0. The lowest BCUT2D eigenvalue weighted by atomic mass is 9.89. The predicted octanol–water partition coefficient (Wildman–Crippen LogP) is 2.55. The quantitative estimate of drug-likeness (QED) is 0.359. The lowest BCUT2D eigenvalue weighted by Gasteiger charge is -2.12. The monoisotopic (exact) mass is 255 g/mol. The number of rotatable bonds is 4. The van der Waals surface area contributed by atoms with Gasteiger partial charge in [0.05, 0.1) is 6.21 Å². The second kappa shape index (κ2) is 5.44. The lowest BCUT2D eigenvalue weighted by molar-refractivity contribution is 0.0984. The SMILES string of the molecule is C=CCON=Cc1ccc2c(c1)C(=O)C=C(C)C2=O. The minimum absolute atomic E-state index is 0.110. The van der Waals surface area contributed by atoms with Gasteiger partial charge in [-0.1, -0.05) is 23.9 Å². The summed E-state index contributed by atoms with van der Waals surface area (Å²) in [5.41, 5.74) is 2.02. The first-order valence-corrected chi connectivity index (χ1v) is 5.81. The molecule has 0 unspecified atom stereocenters. The van der Waals surface area contributed by atoms with Gasteiger partial charge in [0, 0.05) is 16.7 Å². The Morgan fingerprint density at radius 3 is 2.84 bits per heavy atom. The van der Waals surface area contributed by atoms with E-state index in [1.165, 1.54) is 12.3 Å². The standard InChI is InChI=1S/C15H13NO3/c1-3-6-19-16-9-11-4-5-12-13(8-11)14(17)7-10(2)15(12)18/h3-5,7-9H,1,6H2,2H3. The molecule has 1 aliphatic rings. The molecule has 0 atom stereocenters. The molecule has 19 heavy (non-hydrogen) atoms. The number of ketones is 2. The van der Waals surface area contributed by atoms with E-state index < -0.39 is 0 Å². The van der Waals surface area contributed by atoms with Gasteiger partial charge in [-0.3, -0.25) is 9.59 Å². The summed E-state index contributed by atoms with van der Waals surface area (Å²) in [6.07, 6.45) is 4.44. The Balaban J connectivity index is 2.29. The molecule has 0 N–H and O–H groups in total. The topological polar surface area (TPSA) is 55.7 Å². The second-order valence-corrected chi connectivity index (χ2v) is 4.14. The first-order chi connectivity index (χ1) is 9.13. The maximum atomic E-state index is 11.9. The van der Waals surface area contributed by atoms with Crippen LogP contribution in [0.25, 0.3) is 0 Å². The van der Waals surface area contributed by atoms with Gasteiger partial charge in [-0.2, -0.15) is 0 Å². The highest BCUT2D eigenvalue weighted by molar-refractivity contribution is 6.24. The van der Waals surface area contributed by atoms with Crippen LogP contribution in [0.2, 0.25) is 0 Å². The highest BCUT2D eigenvalue weighted by Crippen LogP contribution is 2.21. The number of allylic oxidation sites excluding steroid dienone is 2. The highest BCUT2D eigenvalue weighted by atomic mass is 16.6. The smallest absolute Gasteiger partial charge is 0.189 e. The third kappa shape index (κ3) is 2.68. The van der Waals surface area contributed by atoms with Crippen molar-refractivity contribution in [3.63, 3.8) is 0 Å². The van der Waals surface area contributed by atoms with E-state index in [0.29, 0.717) is 28.9 Å². The van der Waals surface area contributed by atoms with Crippen molar-refractivity contribution in [3.05, 3.63) is 59.2 Å². The van der Waals surface area contributed by atoms with Gasteiger partial charge in [0.15, 0.2) is 11.6 Å². The average molecular weight is 255 g/mol. The number of carbonyl (C=O) groups is 2. The zero-order valence-corrected chi connectivity index (χ0v) is 10.6. The van der Waals surface area contributed by atoms with E-state index in [0.717, 1.165) is 0 Å². The summed E-state index contributed by atoms with van der Waals surface area (Å²) < 4.78 is 0. The number of fused-ring (bicyclic) bond motifs is 1. The zero-order valence-electron chi connectivity index (χ0n) is 10.6. The average Bonchev–Trinajstić information content (AvgIpc) is 2.41.